The monoisotopic (exact) mass is 436 g/mol. The molecule has 32 heavy (non-hydrogen) atoms. The summed E-state index contributed by atoms with van der Waals surface area (Å²) in [4.78, 5) is 18.8. The zero-order valence-electron chi connectivity index (χ0n) is 20.3. The first kappa shape index (κ1) is 22.6. The minimum Gasteiger partial charge on any atom is -0.321 e. The second-order valence-corrected chi connectivity index (χ2v) is 10.3. The molecule has 1 N–H and O–H groups in total. The number of hydrogen-bond acceptors (Lipinski definition) is 5. The average Bonchev–Trinajstić information content (AvgIpc) is 3.40. The lowest BCUT2D eigenvalue weighted by Gasteiger charge is -2.36. The van der Waals surface area contributed by atoms with Crippen LogP contribution in [0, 0.1) is 13.8 Å². The Morgan fingerprint density at radius 1 is 1.19 bits per heavy atom. The number of nitrogens with zero attached hydrogens (tertiary/aromatic N) is 5. The Morgan fingerprint density at radius 2 is 1.91 bits per heavy atom. The van der Waals surface area contributed by atoms with Crippen LogP contribution in [0.2, 0.25) is 0 Å². The van der Waals surface area contributed by atoms with Gasteiger partial charge in [-0.15, -0.1) is 5.10 Å². The van der Waals surface area contributed by atoms with E-state index in [-0.39, 0.29) is 17.1 Å². The number of tetrazole rings is 1. The zero-order valence-corrected chi connectivity index (χ0v) is 20.3. The summed E-state index contributed by atoms with van der Waals surface area (Å²) >= 11 is 0. The van der Waals surface area contributed by atoms with Gasteiger partial charge >= 0.3 is 0 Å². The quantitative estimate of drug-likeness (QED) is 0.601. The van der Waals surface area contributed by atoms with Crippen LogP contribution >= 0.6 is 0 Å². The minimum atomic E-state index is -0.205. The highest BCUT2D eigenvalue weighted by Crippen LogP contribution is 2.34. The van der Waals surface area contributed by atoms with E-state index in [0.717, 1.165) is 47.1 Å². The van der Waals surface area contributed by atoms with Gasteiger partial charge in [0.2, 0.25) is 0 Å². The van der Waals surface area contributed by atoms with Gasteiger partial charge in [-0.1, -0.05) is 31.4 Å². The summed E-state index contributed by atoms with van der Waals surface area (Å²) in [5.74, 6) is 0.885. The zero-order chi connectivity index (χ0) is 23.0. The topological polar surface area (TPSA) is 79.7 Å². The maximum atomic E-state index is 13.1. The number of aryl methyl sites for hydroxylation is 2. The number of aromatic nitrogens is 5. The van der Waals surface area contributed by atoms with Gasteiger partial charge in [0, 0.05) is 18.2 Å². The molecule has 1 atom stereocenters. The molecule has 0 spiro atoms. The van der Waals surface area contributed by atoms with E-state index in [9.17, 15) is 4.79 Å². The summed E-state index contributed by atoms with van der Waals surface area (Å²) in [6.45, 7) is 13.3. The number of nitrogens with one attached hydrogen (secondary N) is 1. The van der Waals surface area contributed by atoms with Crippen molar-refractivity contribution in [1.82, 2.24) is 30.1 Å². The lowest BCUT2D eigenvalue weighted by Crippen LogP contribution is -2.40. The SMILES string of the molecule is CCC(c1nnnn1C(C)(C)C)N(Cc1cc2cc(C)cc(C)c2[nH]c1=O)C1CCCC1. The molecule has 0 bridgehead atoms. The Bertz CT molecular complexity index is 1150. The molecular weight excluding hydrogens is 400 g/mol. The Balaban J connectivity index is 1.77. The molecule has 0 aliphatic heterocycles. The minimum absolute atomic E-state index is 0.00211. The first-order chi connectivity index (χ1) is 15.2. The van der Waals surface area contributed by atoms with Crippen LogP contribution in [0.3, 0.4) is 0 Å². The number of fused-ring (bicyclic) bond motifs is 1. The Labute approximate surface area is 190 Å². The van der Waals surface area contributed by atoms with E-state index in [1.807, 2.05) is 4.68 Å². The van der Waals surface area contributed by atoms with Crippen LogP contribution < -0.4 is 5.56 Å². The van der Waals surface area contributed by atoms with Gasteiger partial charge in [0.15, 0.2) is 5.82 Å². The highest BCUT2D eigenvalue weighted by atomic mass is 16.1. The Kier molecular flexibility index (Phi) is 6.21. The fraction of sp³-hybridized carbons (Fsp3) is 0.600. The van der Waals surface area contributed by atoms with Crippen molar-refractivity contribution >= 4 is 10.9 Å². The molecule has 0 saturated heterocycles. The molecule has 172 valence electrons. The van der Waals surface area contributed by atoms with Crippen molar-refractivity contribution in [1.29, 1.82) is 0 Å². The van der Waals surface area contributed by atoms with E-state index < -0.39 is 0 Å². The van der Waals surface area contributed by atoms with Gasteiger partial charge in [-0.05, 0) is 87.4 Å². The smallest absolute Gasteiger partial charge is 0.252 e. The molecule has 0 radical (unpaired) electrons. The molecule has 1 aliphatic rings. The molecule has 1 unspecified atom stereocenters. The van der Waals surface area contributed by atoms with Gasteiger partial charge in [0.25, 0.3) is 5.56 Å². The number of H-pyrrole nitrogens is 1. The second-order valence-electron chi connectivity index (χ2n) is 10.3. The summed E-state index contributed by atoms with van der Waals surface area (Å²) in [6, 6.07) is 6.83. The van der Waals surface area contributed by atoms with Crippen LogP contribution in [0.5, 0.6) is 0 Å². The predicted octanol–water partition coefficient (Wildman–Crippen LogP) is 4.78. The fourth-order valence-corrected chi connectivity index (χ4v) is 5.22. The average molecular weight is 437 g/mol. The molecule has 7 nitrogen and oxygen atoms in total. The normalized spacial score (nSPS) is 16.3. The number of rotatable bonds is 6. The Hall–Kier alpha value is -2.54. The van der Waals surface area contributed by atoms with Gasteiger partial charge in [0.1, 0.15) is 0 Å². The van der Waals surface area contributed by atoms with Crippen LogP contribution in [0.25, 0.3) is 10.9 Å². The van der Waals surface area contributed by atoms with E-state index in [1.54, 1.807) is 0 Å². The molecule has 1 aliphatic carbocycles. The second kappa shape index (κ2) is 8.77. The molecule has 7 heteroatoms. The molecule has 0 amide bonds. The highest BCUT2D eigenvalue weighted by Gasteiger charge is 2.34. The highest BCUT2D eigenvalue weighted by molar-refractivity contribution is 5.82. The summed E-state index contributed by atoms with van der Waals surface area (Å²) in [6.07, 6.45) is 5.65. The van der Waals surface area contributed by atoms with Gasteiger partial charge in [-0.25, -0.2) is 4.68 Å². The van der Waals surface area contributed by atoms with Crippen LogP contribution in [0.4, 0.5) is 0 Å². The van der Waals surface area contributed by atoms with Crippen molar-refractivity contribution in [3.8, 4) is 0 Å². The first-order valence-corrected chi connectivity index (χ1v) is 11.9. The van der Waals surface area contributed by atoms with Crippen LogP contribution in [-0.4, -0.2) is 36.1 Å². The van der Waals surface area contributed by atoms with Crippen molar-refractivity contribution in [3.63, 3.8) is 0 Å². The number of aromatic amines is 1. The molecule has 1 aromatic carbocycles. The van der Waals surface area contributed by atoms with Gasteiger partial charge in [-0.2, -0.15) is 0 Å². The largest absolute Gasteiger partial charge is 0.321 e. The van der Waals surface area contributed by atoms with Crippen molar-refractivity contribution < 1.29 is 0 Å². The van der Waals surface area contributed by atoms with Gasteiger partial charge < -0.3 is 4.98 Å². The molecule has 4 rings (SSSR count). The first-order valence-electron chi connectivity index (χ1n) is 11.9. The van der Waals surface area contributed by atoms with Gasteiger partial charge in [-0.3, -0.25) is 9.69 Å². The van der Waals surface area contributed by atoms with E-state index >= 15 is 0 Å². The lowest BCUT2D eigenvalue weighted by atomic mass is 10.0. The molecule has 2 heterocycles. The van der Waals surface area contributed by atoms with Crippen LogP contribution in [-0.2, 0) is 12.1 Å². The van der Waals surface area contributed by atoms with E-state index in [1.165, 1.54) is 18.4 Å². The van der Waals surface area contributed by atoms with Crippen LogP contribution in [0.1, 0.15) is 88.4 Å². The van der Waals surface area contributed by atoms with Crippen molar-refractivity contribution in [2.75, 3.05) is 0 Å². The third kappa shape index (κ3) is 4.35. The maximum Gasteiger partial charge on any atom is 0.252 e. The van der Waals surface area contributed by atoms with Gasteiger partial charge in [0.05, 0.1) is 17.1 Å². The van der Waals surface area contributed by atoms with E-state index in [4.69, 9.17) is 0 Å². The maximum absolute atomic E-state index is 13.1. The Morgan fingerprint density at radius 3 is 2.56 bits per heavy atom. The number of benzene rings is 1. The fourth-order valence-electron chi connectivity index (χ4n) is 5.22. The van der Waals surface area contributed by atoms with E-state index in [2.05, 4.69) is 85.2 Å². The summed E-state index contributed by atoms with van der Waals surface area (Å²) in [5, 5.41) is 13.9. The third-order valence-corrected chi connectivity index (χ3v) is 6.73. The standard InChI is InChI=1S/C25H36N6O/c1-7-21(23-27-28-29-31(23)25(4,5)6)30(20-10-8-9-11-20)15-19-14-18-13-16(2)12-17(3)22(18)26-24(19)32/h12-14,20-21H,7-11,15H2,1-6H3,(H,26,32). The predicted molar refractivity (Wildman–Crippen MR) is 128 cm³/mol. The molecule has 2 aromatic heterocycles. The van der Waals surface area contributed by atoms with E-state index in [0.29, 0.717) is 12.6 Å². The number of hydrogen-bond donors (Lipinski definition) is 1. The van der Waals surface area contributed by atoms with Crippen molar-refractivity contribution in [2.24, 2.45) is 0 Å². The lowest BCUT2D eigenvalue weighted by molar-refractivity contribution is 0.108. The summed E-state index contributed by atoms with van der Waals surface area (Å²) in [5.41, 5.74) is 3.84. The van der Waals surface area contributed by atoms with Crippen molar-refractivity contribution in [2.45, 2.75) is 97.8 Å². The molecular formula is C25H36N6O. The third-order valence-electron chi connectivity index (χ3n) is 6.73. The molecule has 1 fully saturated rings. The molecule has 1 saturated carbocycles. The summed E-state index contributed by atoms with van der Waals surface area (Å²) in [7, 11) is 0. The molecule has 3 aromatic rings. The van der Waals surface area contributed by atoms with Crippen LogP contribution in [0.15, 0.2) is 23.0 Å². The van der Waals surface area contributed by atoms with Crippen molar-refractivity contribution in [3.05, 3.63) is 51.1 Å². The summed E-state index contributed by atoms with van der Waals surface area (Å²) < 4.78 is 1.94. The number of pyridine rings is 1.